The van der Waals surface area contributed by atoms with Crippen LogP contribution in [0.3, 0.4) is 0 Å². The number of fused-ring (bicyclic) bond motifs is 1. The summed E-state index contributed by atoms with van der Waals surface area (Å²) >= 11 is 0. The van der Waals surface area contributed by atoms with Gasteiger partial charge in [0.05, 0.1) is 5.52 Å². The summed E-state index contributed by atoms with van der Waals surface area (Å²) in [5.41, 5.74) is 1.29. The van der Waals surface area contributed by atoms with Crippen molar-refractivity contribution in [2.75, 3.05) is 0 Å². The number of carbonyl (C=O) groups is 1. The van der Waals surface area contributed by atoms with E-state index in [0.717, 1.165) is 17.3 Å². The van der Waals surface area contributed by atoms with Gasteiger partial charge in [0.1, 0.15) is 5.54 Å². The molecule has 0 radical (unpaired) electrons. The molecule has 0 spiro atoms. The average molecular weight is 231 g/mol. The zero-order valence-corrected chi connectivity index (χ0v) is 10.4. The van der Waals surface area contributed by atoms with Crippen molar-refractivity contribution in [1.29, 1.82) is 0 Å². The highest BCUT2D eigenvalue weighted by molar-refractivity contribution is 5.87. The van der Waals surface area contributed by atoms with Crippen LogP contribution in [-0.4, -0.2) is 15.6 Å². The molecule has 0 fully saturated rings. The lowest BCUT2D eigenvalue weighted by Gasteiger charge is -2.24. The summed E-state index contributed by atoms with van der Waals surface area (Å²) in [6, 6.07) is 8.05. The number of nitrogens with zero attached hydrogens (tertiary/aromatic N) is 1. The Labute approximate surface area is 101 Å². The van der Waals surface area contributed by atoms with Crippen LogP contribution in [0.25, 0.3) is 10.9 Å². The van der Waals surface area contributed by atoms with Crippen LogP contribution in [0.5, 0.6) is 0 Å². The molecular weight excluding hydrogens is 214 g/mol. The number of rotatable bonds is 3. The molecule has 0 saturated heterocycles. The first-order valence-corrected chi connectivity index (χ1v) is 5.81. The summed E-state index contributed by atoms with van der Waals surface area (Å²) in [6.45, 7) is 5.53. The Balaban J connectivity index is 2.75. The zero-order chi connectivity index (χ0) is 12.6. The van der Waals surface area contributed by atoms with Gasteiger partial charge >= 0.3 is 5.97 Å². The van der Waals surface area contributed by atoms with Gasteiger partial charge in [-0.25, -0.2) is 4.79 Å². The molecule has 0 aliphatic rings. The zero-order valence-electron chi connectivity index (χ0n) is 10.4. The Hall–Kier alpha value is -1.77. The summed E-state index contributed by atoms with van der Waals surface area (Å²) in [4.78, 5) is 11.3. The van der Waals surface area contributed by atoms with Crippen molar-refractivity contribution in [2.45, 2.75) is 32.7 Å². The van der Waals surface area contributed by atoms with Gasteiger partial charge in [-0.05, 0) is 37.3 Å². The van der Waals surface area contributed by atoms with Gasteiger partial charge < -0.3 is 9.67 Å². The van der Waals surface area contributed by atoms with Crippen molar-refractivity contribution in [2.24, 2.45) is 0 Å². The number of aryl methyl sites for hydroxylation is 1. The van der Waals surface area contributed by atoms with Crippen LogP contribution >= 0.6 is 0 Å². The van der Waals surface area contributed by atoms with E-state index in [4.69, 9.17) is 0 Å². The maximum atomic E-state index is 11.3. The molecular formula is C14H17NO2. The molecule has 0 aliphatic heterocycles. The van der Waals surface area contributed by atoms with Crippen LogP contribution in [0.1, 0.15) is 26.3 Å². The summed E-state index contributed by atoms with van der Waals surface area (Å²) in [5.74, 6) is -0.819. The highest BCUT2D eigenvalue weighted by atomic mass is 16.4. The van der Waals surface area contributed by atoms with Gasteiger partial charge in [-0.1, -0.05) is 25.1 Å². The van der Waals surface area contributed by atoms with Crippen LogP contribution in [0, 0.1) is 0 Å². The van der Waals surface area contributed by atoms with Crippen molar-refractivity contribution in [3.63, 3.8) is 0 Å². The van der Waals surface area contributed by atoms with Crippen LogP contribution in [0.2, 0.25) is 0 Å². The number of hydrogen-bond donors (Lipinski definition) is 1. The van der Waals surface area contributed by atoms with Gasteiger partial charge in [-0.3, -0.25) is 0 Å². The Kier molecular flexibility index (Phi) is 2.69. The van der Waals surface area contributed by atoms with Crippen molar-refractivity contribution >= 4 is 16.9 Å². The minimum absolute atomic E-state index is 0.819. The van der Waals surface area contributed by atoms with Gasteiger partial charge in [-0.2, -0.15) is 0 Å². The lowest BCUT2D eigenvalue weighted by Crippen LogP contribution is -2.35. The molecule has 0 bridgehead atoms. The van der Waals surface area contributed by atoms with Crippen LogP contribution < -0.4 is 0 Å². The molecule has 3 nitrogen and oxygen atoms in total. The molecule has 1 heterocycles. The van der Waals surface area contributed by atoms with Crippen LogP contribution in [-0.2, 0) is 16.8 Å². The van der Waals surface area contributed by atoms with E-state index in [9.17, 15) is 9.90 Å². The first kappa shape index (κ1) is 11.7. The lowest BCUT2D eigenvalue weighted by atomic mass is 10.0. The SMILES string of the molecule is CCc1cccc2ccn(C(C)(C)C(=O)O)c12. The molecule has 0 amide bonds. The van der Waals surface area contributed by atoms with Crippen molar-refractivity contribution in [3.05, 3.63) is 36.0 Å². The van der Waals surface area contributed by atoms with E-state index in [1.807, 2.05) is 29.0 Å². The largest absolute Gasteiger partial charge is 0.480 e. The smallest absolute Gasteiger partial charge is 0.329 e. The third kappa shape index (κ3) is 1.71. The number of aromatic nitrogens is 1. The predicted octanol–water partition coefficient (Wildman–Crippen LogP) is 3.02. The number of benzene rings is 1. The number of carboxylic acids is 1. The van der Waals surface area contributed by atoms with Gasteiger partial charge in [0.2, 0.25) is 0 Å². The van der Waals surface area contributed by atoms with Gasteiger partial charge in [0.25, 0.3) is 0 Å². The normalized spacial score (nSPS) is 11.9. The summed E-state index contributed by atoms with van der Waals surface area (Å²) < 4.78 is 1.85. The molecule has 90 valence electrons. The molecule has 0 aliphatic carbocycles. The Bertz CT molecular complexity index is 567. The first-order valence-electron chi connectivity index (χ1n) is 5.81. The molecule has 0 unspecified atom stereocenters. The van der Waals surface area contributed by atoms with Crippen molar-refractivity contribution < 1.29 is 9.90 Å². The quantitative estimate of drug-likeness (QED) is 0.882. The fraction of sp³-hybridized carbons (Fsp3) is 0.357. The van der Waals surface area contributed by atoms with Crippen molar-refractivity contribution in [1.82, 2.24) is 4.57 Å². The number of hydrogen-bond acceptors (Lipinski definition) is 1. The van der Waals surface area contributed by atoms with Crippen molar-refractivity contribution in [3.8, 4) is 0 Å². The van der Waals surface area contributed by atoms with E-state index in [0.29, 0.717) is 0 Å². The Morgan fingerprint density at radius 3 is 2.65 bits per heavy atom. The fourth-order valence-electron chi connectivity index (χ4n) is 2.12. The second kappa shape index (κ2) is 3.91. The second-order valence-electron chi connectivity index (χ2n) is 4.76. The molecule has 2 aromatic rings. The number of carboxylic acid groups (broad SMARTS) is 1. The molecule has 1 aromatic carbocycles. The molecule has 2 rings (SSSR count). The van der Waals surface area contributed by atoms with Gasteiger partial charge in [0, 0.05) is 6.20 Å². The number of para-hydroxylation sites is 1. The fourth-order valence-corrected chi connectivity index (χ4v) is 2.12. The van der Waals surface area contributed by atoms with E-state index in [1.165, 1.54) is 5.56 Å². The van der Waals surface area contributed by atoms with E-state index in [-0.39, 0.29) is 0 Å². The summed E-state index contributed by atoms with van der Waals surface area (Å²) in [6.07, 6.45) is 2.76. The monoisotopic (exact) mass is 231 g/mol. The van der Waals surface area contributed by atoms with E-state index in [1.54, 1.807) is 13.8 Å². The second-order valence-corrected chi connectivity index (χ2v) is 4.76. The average Bonchev–Trinajstić information content (AvgIpc) is 2.72. The Morgan fingerprint density at radius 2 is 2.06 bits per heavy atom. The Morgan fingerprint density at radius 1 is 1.35 bits per heavy atom. The maximum Gasteiger partial charge on any atom is 0.329 e. The molecule has 0 saturated carbocycles. The van der Waals surface area contributed by atoms with E-state index >= 15 is 0 Å². The maximum absolute atomic E-state index is 11.3. The molecule has 1 N–H and O–H groups in total. The molecule has 1 aromatic heterocycles. The first-order chi connectivity index (χ1) is 7.98. The van der Waals surface area contributed by atoms with Gasteiger partial charge in [0.15, 0.2) is 0 Å². The molecule has 17 heavy (non-hydrogen) atoms. The lowest BCUT2D eigenvalue weighted by molar-refractivity contribution is -0.145. The minimum Gasteiger partial charge on any atom is -0.480 e. The van der Waals surface area contributed by atoms with E-state index in [2.05, 4.69) is 13.0 Å². The van der Waals surface area contributed by atoms with E-state index < -0.39 is 11.5 Å². The highest BCUT2D eigenvalue weighted by Gasteiger charge is 2.30. The molecule has 3 heteroatoms. The van der Waals surface area contributed by atoms with Gasteiger partial charge in [-0.15, -0.1) is 0 Å². The predicted molar refractivity (Wildman–Crippen MR) is 68.3 cm³/mol. The molecule has 0 atom stereocenters. The summed E-state index contributed by atoms with van der Waals surface area (Å²) in [5, 5.41) is 10.4. The summed E-state index contributed by atoms with van der Waals surface area (Å²) in [7, 11) is 0. The minimum atomic E-state index is -0.924. The topological polar surface area (TPSA) is 42.2 Å². The number of aliphatic carboxylic acids is 1. The van der Waals surface area contributed by atoms with Crippen LogP contribution in [0.15, 0.2) is 30.5 Å². The standard InChI is InChI=1S/C14H17NO2/c1-4-10-6-5-7-11-8-9-15(12(10)11)14(2,3)13(16)17/h5-9H,4H2,1-3H3,(H,16,17). The highest BCUT2D eigenvalue weighted by Crippen LogP contribution is 2.27. The third-order valence-corrected chi connectivity index (χ3v) is 3.30. The third-order valence-electron chi connectivity index (χ3n) is 3.30. The van der Waals surface area contributed by atoms with Crippen LogP contribution in [0.4, 0.5) is 0 Å².